The number of cyclic esters (lactones) is 1. The molecular weight excluding hydrogens is 388 g/mol. The molecule has 0 radical (unpaired) electrons. The second-order valence-corrected chi connectivity index (χ2v) is 7.38. The van der Waals surface area contributed by atoms with Crippen LogP contribution in [0.4, 0.5) is 4.79 Å². The van der Waals surface area contributed by atoms with Gasteiger partial charge in [-0.3, -0.25) is 0 Å². The number of rotatable bonds is 1. The van der Waals surface area contributed by atoms with Crippen LogP contribution in [0.15, 0.2) is 24.4 Å². The van der Waals surface area contributed by atoms with Gasteiger partial charge in [0.2, 0.25) is 0 Å². The summed E-state index contributed by atoms with van der Waals surface area (Å²) in [4.78, 5) is 13.2. The number of nitrogens with one attached hydrogen (secondary N) is 1. The van der Waals surface area contributed by atoms with Gasteiger partial charge in [0, 0.05) is 18.5 Å². The van der Waals surface area contributed by atoms with Gasteiger partial charge in [0.05, 0.1) is 24.9 Å². The lowest BCUT2D eigenvalue weighted by atomic mass is 10.1. The highest BCUT2D eigenvalue weighted by Gasteiger charge is 2.23. The average Bonchev–Trinajstić information content (AvgIpc) is 3.38. The number of carbonyl (C=O) groups is 1. The fourth-order valence-electron chi connectivity index (χ4n) is 3.77. The molecule has 2 aliphatic heterocycles. The Morgan fingerprint density at radius 1 is 1.07 bits per heavy atom. The maximum Gasteiger partial charge on any atom is 0.407 e. The SMILES string of the molecule is O=C1NCCCOc2ccc3c(c2)c(nn3C2CCCCO2)-c2cnn(n2)CCO1. The summed E-state index contributed by atoms with van der Waals surface area (Å²) in [6.07, 6.45) is 4.94. The van der Waals surface area contributed by atoms with Gasteiger partial charge in [-0.25, -0.2) is 9.48 Å². The fraction of sp³-hybridized carbons (Fsp3) is 0.500. The molecule has 1 saturated heterocycles. The molecule has 1 atom stereocenters. The monoisotopic (exact) mass is 412 g/mol. The van der Waals surface area contributed by atoms with E-state index in [1.165, 1.54) is 4.80 Å². The molecular formula is C20H24N6O4. The first kappa shape index (κ1) is 18.9. The van der Waals surface area contributed by atoms with E-state index in [0.29, 0.717) is 31.8 Å². The highest BCUT2D eigenvalue weighted by Crippen LogP contribution is 2.34. The van der Waals surface area contributed by atoms with Crippen LogP contribution in [0.25, 0.3) is 22.3 Å². The highest BCUT2D eigenvalue weighted by molar-refractivity contribution is 5.93. The first-order chi connectivity index (χ1) is 14.8. The van der Waals surface area contributed by atoms with E-state index in [1.54, 1.807) is 6.20 Å². The van der Waals surface area contributed by atoms with Crippen LogP contribution in [0.5, 0.6) is 5.75 Å². The Balaban J connectivity index is 1.55. The van der Waals surface area contributed by atoms with Crippen LogP contribution in [0.1, 0.15) is 31.9 Å². The molecule has 1 N–H and O–H groups in total. The smallest absolute Gasteiger partial charge is 0.407 e. The van der Waals surface area contributed by atoms with Crippen LogP contribution in [0, 0.1) is 0 Å². The number of benzene rings is 1. The van der Waals surface area contributed by atoms with Crippen LogP contribution in [-0.2, 0) is 16.0 Å². The standard InChI is InChI=1S/C20H24N6O4/c27-20-21-7-3-10-28-14-5-6-17-15(12-14)19(16-13-22-25(23-16)8-11-30-20)24-26(17)18-4-1-2-9-29-18/h5-6,12-13,18H,1-4,7-11H2,(H,21,27). The lowest BCUT2D eigenvalue weighted by Gasteiger charge is -2.23. The normalized spacial score (nSPS) is 20.5. The Kier molecular flexibility index (Phi) is 5.22. The van der Waals surface area contributed by atoms with Crippen molar-refractivity contribution < 1.29 is 19.0 Å². The summed E-state index contributed by atoms with van der Waals surface area (Å²) in [7, 11) is 0. The van der Waals surface area contributed by atoms with Gasteiger partial charge in [-0.15, -0.1) is 0 Å². The molecule has 5 rings (SSSR count). The summed E-state index contributed by atoms with van der Waals surface area (Å²) in [5, 5.41) is 17.4. The van der Waals surface area contributed by atoms with Crippen molar-refractivity contribution in [1.82, 2.24) is 30.1 Å². The Hall–Kier alpha value is -3.14. The summed E-state index contributed by atoms with van der Waals surface area (Å²) in [6.45, 7) is 2.26. The summed E-state index contributed by atoms with van der Waals surface area (Å²) in [5.74, 6) is 0.745. The molecule has 158 valence electrons. The van der Waals surface area contributed by atoms with Gasteiger partial charge in [-0.05, 0) is 43.9 Å². The third-order valence-electron chi connectivity index (χ3n) is 5.27. The predicted octanol–water partition coefficient (Wildman–Crippen LogP) is 2.50. The number of amides is 1. The topological polar surface area (TPSA) is 105 Å². The third-order valence-corrected chi connectivity index (χ3v) is 5.27. The third kappa shape index (κ3) is 3.82. The number of aromatic nitrogens is 5. The molecule has 10 heteroatoms. The van der Waals surface area contributed by atoms with Crippen molar-refractivity contribution in [2.24, 2.45) is 0 Å². The molecule has 2 aliphatic rings. The van der Waals surface area contributed by atoms with Crippen molar-refractivity contribution in [2.45, 2.75) is 38.5 Å². The van der Waals surface area contributed by atoms with Crippen LogP contribution in [0.2, 0.25) is 0 Å². The van der Waals surface area contributed by atoms with Gasteiger partial charge >= 0.3 is 6.09 Å². The van der Waals surface area contributed by atoms with Gasteiger partial charge in [0.25, 0.3) is 0 Å². The number of hydrogen-bond donors (Lipinski definition) is 1. The lowest BCUT2D eigenvalue weighted by Crippen LogP contribution is -2.27. The molecule has 1 fully saturated rings. The van der Waals surface area contributed by atoms with Crippen LogP contribution in [0.3, 0.4) is 0 Å². The van der Waals surface area contributed by atoms with E-state index in [4.69, 9.17) is 19.3 Å². The maximum atomic E-state index is 11.7. The predicted molar refractivity (Wildman–Crippen MR) is 107 cm³/mol. The lowest BCUT2D eigenvalue weighted by molar-refractivity contribution is -0.0365. The van der Waals surface area contributed by atoms with E-state index in [2.05, 4.69) is 15.5 Å². The second kappa shape index (κ2) is 8.31. The Bertz CT molecular complexity index is 1040. The summed E-state index contributed by atoms with van der Waals surface area (Å²) >= 11 is 0. The van der Waals surface area contributed by atoms with Crippen molar-refractivity contribution >= 4 is 17.0 Å². The second-order valence-electron chi connectivity index (χ2n) is 7.38. The van der Waals surface area contributed by atoms with E-state index in [1.807, 2.05) is 22.9 Å². The summed E-state index contributed by atoms with van der Waals surface area (Å²) in [6, 6.07) is 5.95. The van der Waals surface area contributed by atoms with Crippen LogP contribution in [-0.4, -0.2) is 57.2 Å². The van der Waals surface area contributed by atoms with Crippen molar-refractivity contribution in [3.05, 3.63) is 24.4 Å². The molecule has 0 aliphatic carbocycles. The van der Waals surface area contributed by atoms with Gasteiger partial charge in [-0.1, -0.05) is 0 Å². The van der Waals surface area contributed by atoms with Gasteiger partial charge < -0.3 is 19.5 Å². The highest BCUT2D eigenvalue weighted by atomic mass is 16.5. The summed E-state index contributed by atoms with van der Waals surface area (Å²) < 4.78 is 19.0. The van der Waals surface area contributed by atoms with E-state index in [0.717, 1.165) is 48.2 Å². The van der Waals surface area contributed by atoms with Gasteiger partial charge in [-0.2, -0.15) is 20.1 Å². The van der Waals surface area contributed by atoms with Crippen molar-refractivity contribution in [3.63, 3.8) is 0 Å². The van der Waals surface area contributed by atoms with E-state index in [9.17, 15) is 4.79 Å². The number of ether oxygens (including phenoxy) is 3. The first-order valence-electron chi connectivity index (χ1n) is 10.4. The average molecular weight is 412 g/mol. The quantitative estimate of drug-likeness (QED) is 0.655. The van der Waals surface area contributed by atoms with Crippen molar-refractivity contribution in [2.75, 3.05) is 26.4 Å². The van der Waals surface area contributed by atoms with Crippen molar-refractivity contribution in [1.29, 1.82) is 0 Å². The number of alkyl carbamates (subject to hydrolysis) is 1. The zero-order valence-corrected chi connectivity index (χ0v) is 16.6. The Morgan fingerprint density at radius 3 is 2.93 bits per heavy atom. The number of fused-ring (bicyclic) bond motifs is 4. The molecule has 1 unspecified atom stereocenters. The summed E-state index contributed by atoms with van der Waals surface area (Å²) in [5.41, 5.74) is 2.38. The zero-order chi connectivity index (χ0) is 20.3. The van der Waals surface area contributed by atoms with Crippen LogP contribution < -0.4 is 10.1 Å². The molecule has 1 aromatic carbocycles. The van der Waals surface area contributed by atoms with E-state index >= 15 is 0 Å². The Labute approximate surface area is 173 Å². The molecule has 2 aromatic heterocycles. The van der Waals surface area contributed by atoms with E-state index < -0.39 is 6.09 Å². The van der Waals surface area contributed by atoms with E-state index in [-0.39, 0.29) is 12.8 Å². The zero-order valence-electron chi connectivity index (χ0n) is 16.6. The molecule has 4 bridgehead atoms. The molecule has 0 spiro atoms. The first-order valence-corrected chi connectivity index (χ1v) is 10.4. The molecule has 0 saturated carbocycles. The van der Waals surface area contributed by atoms with Crippen molar-refractivity contribution in [3.8, 4) is 17.1 Å². The molecule has 4 heterocycles. The molecule has 10 nitrogen and oxygen atoms in total. The minimum absolute atomic E-state index is 0.0867. The number of hydrogen-bond acceptors (Lipinski definition) is 7. The van der Waals surface area contributed by atoms with Gasteiger partial charge in [0.15, 0.2) is 6.23 Å². The molecule has 30 heavy (non-hydrogen) atoms. The molecule has 1 amide bonds. The maximum absolute atomic E-state index is 11.7. The van der Waals surface area contributed by atoms with Crippen LogP contribution >= 0.6 is 0 Å². The Morgan fingerprint density at radius 2 is 2.03 bits per heavy atom. The largest absolute Gasteiger partial charge is 0.494 e. The van der Waals surface area contributed by atoms with Gasteiger partial charge in [0.1, 0.15) is 23.7 Å². The number of carbonyl (C=O) groups excluding carboxylic acids is 1. The fourth-order valence-corrected chi connectivity index (χ4v) is 3.77. The minimum Gasteiger partial charge on any atom is -0.494 e. The minimum atomic E-state index is -0.454. The molecule has 3 aromatic rings. The number of nitrogens with zero attached hydrogens (tertiary/aromatic N) is 5.